The average Bonchev–Trinajstić information content (AvgIpc) is 2.69. The summed E-state index contributed by atoms with van der Waals surface area (Å²) in [6, 6.07) is 2.80. The van der Waals surface area contributed by atoms with E-state index in [9.17, 15) is 23.3 Å². The Morgan fingerprint density at radius 3 is 2.43 bits per heavy atom. The first kappa shape index (κ1) is 15.6. The normalized spacial score (nSPS) is 25.9. The van der Waals surface area contributed by atoms with Gasteiger partial charge in [-0.3, -0.25) is 10.1 Å². The minimum absolute atomic E-state index is 0.0393. The van der Waals surface area contributed by atoms with E-state index in [0.29, 0.717) is 12.0 Å². The Hall–Kier alpha value is -1.79. The zero-order valence-corrected chi connectivity index (χ0v) is 11.8. The van der Waals surface area contributed by atoms with E-state index in [-0.39, 0.29) is 17.6 Å². The van der Waals surface area contributed by atoms with Crippen LogP contribution in [-0.2, 0) is 6.18 Å². The predicted molar refractivity (Wildman–Crippen MR) is 73.1 cm³/mol. The smallest absolute Gasteiger partial charge is 0.382 e. The highest BCUT2D eigenvalue weighted by Crippen LogP contribution is 2.40. The van der Waals surface area contributed by atoms with Gasteiger partial charge < -0.3 is 5.32 Å². The van der Waals surface area contributed by atoms with Gasteiger partial charge in [0.1, 0.15) is 0 Å². The van der Waals surface area contributed by atoms with Crippen molar-refractivity contribution in [3.8, 4) is 0 Å². The second-order valence-corrected chi connectivity index (χ2v) is 5.65. The number of non-ortho nitro benzene ring substituents is 1. The Balaban J connectivity index is 2.32. The molecule has 1 aromatic rings. The van der Waals surface area contributed by atoms with Crippen LogP contribution in [0.2, 0.25) is 0 Å². The Bertz CT molecular complexity index is 546. The van der Waals surface area contributed by atoms with Crippen molar-refractivity contribution in [2.75, 3.05) is 5.32 Å². The second-order valence-electron chi connectivity index (χ2n) is 5.65. The maximum Gasteiger partial charge on any atom is 0.418 e. The van der Waals surface area contributed by atoms with Crippen molar-refractivity contribution in [3.05, 3.63) is 33.9 Å². The number of hydrogen-bond donors (Lipinski definition) is 1. The molecule has 1 fully saturated rings. The minimum atomic E-state index is -4.62. The van der Waals surface area contributed by atoms with Crippen LogP contribution in [0.15, 0.2) is 18.2 Å². The van der Waals surface area contributed by atoms with Crippen LogP contribution in [0, 0.1) is 22.0 Å². The fourth-order valence-electron chi connectivity index (χ4n) is 2.77. The number of anilines is 1. The molecule has 0 aliphatic heterocycles. The van der Waals surface area contributed by atoms with Crippen LogP contribution in [0.3, 0.4) is 0 Å². The first-order valence-corrected chi connectivity index (χ1v) is 6.82. The van der Waals surface area contributed by atoms with E-state index in [4.69, 9.17) is 0 Å². The Morgan fingerprint density at radius 1 is 1.29 bits per heavy atom. The van der Waals surface area contributed by atoms with Crippen LogP contribution in [0.4, 0.5) is 24.5 Å². The van der Waals surface area contributed by atoms with Crippen LogP contribution in [0.5, 0.6) is 0 Å². The Morgan fingerprint density at radius 2 is 1.95 bits per heavy atom. The summed E-state index contributed by atoms with van der Waals surface area (Å²) in [7, 11) is 0. The van der Waals surface area contributed by atoms with Crippen LogP contribution in [0.25, 0.3) is 0 Å². The maximum atomic E-state index is 13.1. The number of benzene rings is 1. The number of nitro benzene ring substituents is 1. The van der Waals surface area contributed by atoms with Gasteiger partial charge in [-0.1, -0.05) is 13.8 Å². The molecule has 3 unspecified atom stereocenters. The molecule has 0 saturated heterocycles. The summed E-state index contributed by atoms with van der Waals surface area (Å²) in [5, 5.41) is 13.6. The Labute approximate surface area is 120 Å². The topological polar surface area (TPSA) is 55.2 Å². The summed E-state index contributed by atoms with van der Waals surface area (Å²) in [4.78, 5) is 9.83. The van der Waals surface area contributed by atoms with Gasteiger partial charge in [-0.15, -0.1) is 0 Å². The molecule has 21 heavy (non-hydrogen) atoms. The SMILES string of the molecule is CC1CCC(Nc2ccc([N+](=O)[O-])cc2C(F)(F)F)C1C. The van der Waals surface area contributed by atoms with Crippen molar-refractivity contribution >= 4 is 11.4 Å². The van der Waals surface area contributed by atoms with E-state index in [2.05, 4.69) is 12.2 Å². The molecule has 116 valence electrons. The number of alkyl halides is 3. The molecule has 0 amide bonds. The lowest BCUT2D eigenvalue weighted by molar-refractivity contribution is -0.385. The van der Waals surface area contributed by atoms with E-state index >= 15 is 0 Å². The van der Waals surface area contributed by atoms with Crippen molar-refractivity contribution in [1.82, 2.24) is 0 Å². The molecule has 3 atom stereocenters. The molecular formula is C14H17F3N2O2. The van der Waals surface area contributed by atoms with Crippen LogP contribution < -0.4 is 5.32 Å². The van der Waals surface area contributed by atoms with Crippen molar-refractivity contribution < 1.29 is 18.1 Å². The van der Waals surface area contributed by atoms with E-state index < -0.39 is 22.4 Å². The van der Waals surface area contributed by atoms with Crippen molar-refractivity contribution in [2.45, 2.75) is 38.9 Å². The number of nitrogens with one attached hydrogen (secondary N) is 1. The monoisotopic (exact) mass is 302 g/mol. The molecular weight excluding hydrogens is 285 g/mol. The zero-order chi connectivity index (χ0) is 15.8. The number of halogens is 3. The molecule has 0 heterocycles. The fraction of sp³-hybridized carbons (Fsp3) is 0.571. The number of hydrogen-bond acceptors (Lipinski definition) is 3. The molecule has 0 bridgehead atoms. The summed E-state index contributed by atoms with van der Waals surface area (Å²) in [5.74, 6) is 0.719. The van der Waals surface area contributed by atoms with Gasteiger partial charge in [0.2, 0.25) is 0 Å². The lowest BCUT2D eigenvalue weighted by Crippen LogP contribution is -2.25. The fourth-order valence-corrected chi connectivity index (χ4v) is 2.77. The molecule has 0 spiro atoms. The number of nitrogens with zero attached hydrogens (tertiary/aromatic N) is 1. The van der Waals surface area contributed by atoms with Gasteiger partial charge in [0.05, 0.1) is 10.5 Å². The minimum Gasteiger partial charge on any atom is -0.382 e. The van der Waals surface area contributed by atoms with E-state index in [1.165, 1.54) is 0 Å². The molecule has 0 radical (unpaired) electrons. The lowest BCUT2D eigenvalue weighted by atomic mass is 9.97. The second kappa shape index (κ2) is 5.54. The highest BCUT2D eigenvalue weighted by atomic mass is 19.4. The Kier molecular flexibility index (Phi) is 4.11. The molecule has 4 nitrogen and oxygen atoms in total. The third kappa shape index (κ3) is 3.28. The van der Waals surface area contributed by atoms with Crippen LogP contribution >= 0.6 is 0 Å². The molecule has 1 aromatic carbocycles. The van der Waals surface area contributed by atoms with E-state index in [0.717, 1.165) is 25.0 Å². The van der Waals surface area contributed by atoms with Crippen molar-refractivity contribution in [3.63, 3.8) is 0 Å². The van der Waals surface area contributed by atoms with Gasteiger partial charge in [0, 0.05) is 23.9 Å². The first-order valence-electron chi connectivity index (χ1n) is 6.82. The molecule has 7 heteroatoms. The van der Waals surface area contributed by atoms with Gasteiger partial charge in [-0.2, -0.15) is 13.2 Å². The summed E-state index contributed by atoms with van der Waals surface area (Å²) >= 11 is 0. The quantitative estimate of drug-likeness (QED) is 0.662. The summed E-state index contributed by atoms with van der Waals surface area (Å²) in [6.07, 6.45) is -2.86. The van der Waals surface area contributed by atoms with Crippen LogP contribution in [-0.4, -0.2) is 11.0 Å². The third-order valence-corrected chi connectivity index (χ3v) is 4.33. The van der Waals surface area contributed by atoms with Crippen LogP contribution in [0.1, 0.15) is 32.3 Å². The molecule has 2 rings (SSSR count). The standard InChI is InChI=1S/C14H17F3N2O2/c1-8-3-5-12(9(8)2)18-13-6-4-10(19(20)21)7-11(13)14(15,16)17/h4,6-9,12,18H,3,5H2,1-2H3. The van der Waals surface area contributed by atoms with Gasteiger partial charge in [0.25, 0.3) is 5.69 Å². The molecule has 1 saturated carbocycles. The molecule has 1 aliphatic carbocycles. The van der Waals surface area contributed by atoms with Crippen molar-refractivity contribution in [2.24, 2.45) is 11.8 Å². The van der Waals surface area contributed by atoms with Gasteiger partial charge >= 0.3 is 6.18 Å². The summed E-state index contributed by atoms with van der Waals surface area (Å²) in [5.41, 5.74) is -1.62. The number of rotatable bonds is 3. The molecule has 1 aliphatic rings. The highest BCUT2D eigenvalue weighted by molar-refractivity contribution is 5.58. The van der Waals surface area contributed by atoms with Gasteiger partial charge in [-0.05, 0) is 30.7 Å². The zero-order valence-electron chi connectivity index (χ0n) is 11.8. The average molecular weight is 302 g/mol. The highest BCUT2D eigenvalue weighted by Gasteiger charge is 2.37. The van der Waals surface area contributed by atoms with Gasteiger partial charge in [-0.25, -0.2) is 0 Å². The maximum absolute atomic E-state index is 13.1. The van der Waals surface area contributed by atoms with Crippen molar-refractivity contribution in [1.29, 1.82) is 0 Å². The summed E-state index contributed by atoms with van der Waals surface area (Å²) in [6.45, 7) is 4.08. The molecule has 0 aromatic heterocycles. The third-order valence-electron chi connectivity index (χ3n) is 4.33. The summed E-state index contributed by atoms with van der Waals surface area (Å²) < 4.78 is 39.2. The van der Waals surface area contributed by atoms with E-state index in [1.807, 2.05) is 6.92 Å². The van der Waals surface area contributed by atoms with Gasteiger partial charge in [0.15, 0.2) is 0 Å². The van der Waals surface area contributed by atoms with E-state index in [1.54, 1.807) is 0 Å². The molecule has 1 N–H and O–H groups in total. The lowest BCUT2D eigenvalue weighted by Gasteiger charge is -2.23. The largest absolute Gasteiger partial charge is 0.418 e. The number of nitro groups is 1. The first-order chi connectivity index (χ1) is 9.70. The predicted octanol–water partition coefficient (Wildman–Crippen LogP) is 4.46.